The predicted molar refractivity (Wildman–Crippen MR) is 81.7 cm³/mol. The molecule has 1 N–H and O–H groups in total. The molecule has 6 nitrogen and oxygen atoms in total. The van der Waals surface area contributed by atoms with Crippen LogP contribution in [0, 0.1) is 12.7 Å². The van der Waals surface area contributed by atoms with E-state index in [1.165, 1.54) is 12.1 Å². The van der Waals surface area contributed by atoms with Gasteiger partial charge in [0.05, 0.1) is 0 Å². The zero-order valence-electron chi connectivity index (χ0n) is 13.0. The van der Waals surface area contributed by atoms with E-state index in [9.17, 15) is 4.39 Å². The summed E-state index contributed by atoms with van der Waals surface area (Å²) in [6.45, 7) is 5.45. The second-order valence-corrected chi connectivity index (χ2v) is 4.89. The van der Waals surface area contributed by atoms with Gasteiger partial charge < -0.3 is 14.7 Å². The van der Waals surface area contributed by atoms with Gasteiger partial charge in [0.2, 0.25) is 5.89 Å². The van der Waals surface area contributed by atoms with E-state index in [0.29, 0.717) is 24.8 Å². The van der Waals surface area contributed by atoms with Gasteiger partial charge in [-0.3, -0.25) is 0 Å². The molecular formula is C15H20FN5O. The molecule has 0 amide bonds. The Labute approximate surface area is 129 Å². The van der Waals surface area contributed by atoms with Crippen molar-refractivity contribution < 1.29 is 8.91 Å². The molecule has 0 saturated heterocycles. The molecule has 2 rings (SSSR count). The minimum Gasteiger partial charge on any atom is -0.357 e. The molecule has 0 aliphatic carbocycles. The third-order valence-corrected chi connectivity index (χ3v) is 2.96. The van der Waals surface area contributed by atoms with Crippen molar-refractivity contribution in [1.82, 2.24) is 20.4 Å². The first-order chi connectivity index (χ1) is 10.6. The maximum absolute atomic E-state index is 12.9. The molecule has 0 bridgehead atoms. The summed E-state index contributed by atoms with van der Waals surface area (Å²) in [6, 6.07) is 6.43. The number of aliphatic imine (C=N–C) groups is 1. The van der Waals surface area contributed by atoms with Crippen LogP contribution in [-0.2, 0) is 13.1 Å². The Hall–Kier alpha value is -2.44. The SMILES string of the molecule is CCNC(=NCc1nc(C)no1)N(C)Cc1ccc(F)cc1. The van der Waals surface area contributed by atoms with E-state index in [1.807, 2.05) is 18.9 Å². The fraction of sp³-hybridized carbons (Fsp3) is 0.400. The van der Waals surface area contributed by atoms with Crippen molar-refractivity contribution in [2.75, 3.05) is 13.6 Å². The number of rotatable bonds is 5. The summed E-state index contributed by atoms with van der Waals surface area (Å²) in [5, 5.41) is 6.94. The number of aromatic nitrogens is 2. The van der Waals surface area contributed by atoms with Crippen LogP contribution >= 0.6 is 0 Å². The standard InChI is InChI=1S/C15H20FN5O/c1-4-17-15(18-9-14-19-11(2)20-22-14)21(3)10-12-5-7-13(16)8-6-12/h5-8H,4,9-10H2,1-3H3,(H,17,18). The average molecular weight is 305 g/mol. The van der Waals surface area contributed by atoms with Gasteiger partial charge in [0.15, 0.2) is 11.8 Å². The highest BCUT2D eigenvalue weighted by Gasteiger charge is 2.08. The number of hydrogen-bond acceptors (Lipinski definition) is 4. The first kappa shape index (κ1) is 15.9. The molecule has 0 radical (unpaired) electrons. The van der Waals surface area contributed by atoms with E-state index in [2.05, 4.69) is 20.4 Å². The van der Waals surface area contributed by atoms with Crippen LogP contribution in [0.4, 0.5) is 4.39 Å². The van der Waals surface area contributed by atoms with Gasteiger partial charge in [-0.2, -0.15) is 4.98 Å². The lowest BCUT2D eigenvalue weighted by molar-refractivity contribution is 0.375. The molecule has 1 aromatic heterocycles. The maximum Gasteiger partial charge on any atom is 0.248 e. The van der Waals surface area contributed by atoms with Crippen molar-refractivity contribution in [2.45, 2.75) is 26.9 Å². The highest BCUT2D eigenvalue weighted by Crippen LogP contribution is 2.06. The third-order valence-electron chi connectivity index (χ3n) is 2.96. The number of hydrogen-bond donors (Lipinski definition) is 1. The van der Waals surface area contributed by atoms with Gasteiger partial charge >= 0.3 is 0 Å². The van der Waals surface area contributed by atoms with Gasteiger partial charge in [0, 0.05) is 20.1 Å². The lowest BCUT2D eigenvalue weighted by atomic mass is 10.2. The second kappa shape index (κ2) is 7.53. The van der Waals surface area contributed by atoms with Crippen molar-refractivity contribution >= 4 is 5.96 Å². The van der Waals surface area contributed by atoms with E-state index < -0.39 is 0 Å². The van der Waals surface area contributed by atoms with Gasteiger partial charge in [-0.15, -0.1) is 0 Å². The van der Waals surface area contributed by atoms with Gasteiger partial charge in [-0.1, -0.05) is 17.3 Å². The Bertz CT molecular complexity index is 623. The number of halogens is 1. The number of benzene rings is 1. The minimum atomic E-state index is -0.237. The van der Waals surface area contributed by atoms with E-state index in [4.69, 9.17) is 4.52 Å². The summed E-state index contributed by atoms with van der Waals surface area (Å²) in [7, 11) is 1.92. The zero-order valence-corrected chi connectivity index (χ0v) is 13.0. The van der Waals surface area contributed by atoms with Crippen LogP contribution in [0.25, 0.3) is 0 Å². The Morgan fingerprint density at radius 2 is 2.09 bits per heavy atom. The summed E-state index contributed by atoms with van der Waals surface area (Å²) in [6.07, 6.45) is 0. The monoisotopic (exact) mass is 305 g/mol. The average Bonchev–Trinajstić information content (AvgIpc) is 2.91. The van der Waals surface area contributed by atoms with Crippen molar-refractivity contribution in [1.29, 1.82) is 0 Å². The molecule has 7 heteroatoms. The Balaban J connectivity index is 2.03. The van der Waals surface area contributed by atoms with Gasteiger partial charge in [0.25, 0.3) is 0 Å². The lowest BCUT2D eigenvalue weighted by Gasteiger charge is -2.22. The topological polar surface area (TPSA) is 66.5 Å². The highest BCUT2D eigenvalue weighted by molar-refractivity contribution is 5.79. The van der Waals surface area contributed by atoms with Crippen molar-refractivity contribution in [3.8, 4) is 0 Å². The normalized spacial score (nSPS) is 11.5. The summed E-state index contributed by atoms with van der Waals surface area (Å²) in [5.41, 5.74) is 1.00. The number of nitrogens with zero attached hydrogens (tertiary/aromatic N) is 4. The van der Waals surface area contributed by atoms with Gasteiger partial charge in [0.1, 0.15) is 12.4 Å². The molecule has 0 fully saturated rings. The first-order valence-electron chi connectivity index (χ1n) is 7.11. The molecule has 0 aliphatic heterocycles. The Morgan fingerprint density at radius 3 is 2.68 bits per heavy atom. The number of aryl methyl sites for hydroxylation is 1. The van der Waals surface area contributed by atoms with Gasteiger partial charge in [-0.05, 0) is 31.5 Å². The molecule has 0 aliphatic rings. The van der Waals surface area contributed by atoms with E-state index in [-0.39, 0.29) is 5.82 Å². The smallest absolute Gasteiger partial charge is 0.248 e. The maximum atomic E-state index is 12.9. The van der Waals surface area contributed by atoms with E-state index >= 15 is 0 Å². The summed E-state index contributed by atoms with van der Waals surface area (Å²) >= 11 is 0. The molecule has 0 saturated carbocycles. The molecule has 0 unspecified atom stereocenters. The van der Waals surface area contributed by atoms with Crippen LogP contribution < -0.4 is 5.32 Å². The molecule has 2 aromatic rings. The van der Waals surface area contributed by atoms with Crippen molar-refractivity contribution in [3.05, 3.63) is 47.4 Å². The van der Waals surface area contributed by atoms with Crippen LogP contribution in [0.15, 0.2) is 33.8 Å². The molecule has 1 heterocycles. The van der Waals surface area contributed by atoms with E-state index in [1.54, 1.807) is 19.1 Å². The molecule has 22 heavy (non-hydrogen) atoms. The van der Waals surface area contributed by atoms with Crippen LogP contribution in [0.5, 0.6) is 0 Å². The summed E-state index contributed by atoms with van der Waals surface area (Å²) in [5.74, 6) is 1.55. The van der Waals surface area contributed by atoms with Crippen LogP contribution in [0.2, 0.25) is 0 Å². The Morgan fingerprint density at radius 1 is 1.36 bits per heavy atom. The summed E-state index contributed by atoms with van der Waals surface area (Å²) < 4.78 is 18.0. The van der Waals surface area contributed by atoms with Gasteiger partial charge in [-0.25, -0.2) is 9.38 Å². The largest absolute Gasteiger partial charge is 0.357 e. The fourth-order valence-corrected chi connectivity index (χ4v) is 1.96. The first-order valence-corrected chi connectivity index (χ1v) is 7.11. The van der Waals surface area contributed by atoms with Crippen molar-refractivity contribution in [2.24, 2.45) is 4.99 Å². The van der Waals surface area contributed by atoms with E-state index in [0.717, 1.165) is 18.1 Å². The number of guanidine groups is 1. The Kier molecular flexibility index (Phi) is 5.46. The lowest BCUT2D eigenvalue weighted by Crippen LogP contribution is -2.38. The zero-order chi connectivity index (χ0) is 15.9. The third kappa shape index (κ3) is 4.54. The second-order valence-electron chi connectivity index (χ2n) is 4.89. The fourth-order valence-electron chi connectivity index (χ4n) is 1.96. The van der Waals surface area contributed by atoms with Crippen LogP contribution in [0.3, 0.4) is 0 Å². The molecule has 118 valence electrons. The molecular weight excluding hydrogens is 285 g/mol. The quantitative estimate of drug-likeness (QED) is 0.677. The van der Waals surface area contributed by atoms with Crippen LogP contribution in [-0.4, -0.2) is 34.6 Å². The molecule has 1 aromatic carbocycles. The van der Waals surface area contributed by atoms with Crippen molar-refractivity contribution in [3.63, 3.8) is 0 Å². The summed E-state index contributed by atoms with van der Waals surface area (Å²) in [4.78, 5) is 10.6. The number of nitrogens with one attached hydrogen (secondary N) is 1. The predicted octanol–water partition coefficient (Wildman–Crippen LogP) is 2.11. The highest BCUT2D eigenvalue weighted by atomic mass is 19.1. The molecule has 0 atom stereocenters. The van der Waals surface area contributed by atoms with Crippen LogP contribution in [0.1, 0.15) is 24.2 Å². The minimum absolute atomic E-state index is 0.237. The molecule has 0 spiro atoms.